The zero-order chi connectivity index (χ0) is 15.9. The molecule has 1 aliphatic rings. The van der Waals surface area contributed by atoms with E-state index in [1.165, 1.54) is 31.0 Å². The summed E-state index contributed by atoms with van der Waals surface area (Å²) in [6.07, 6.45) is 2.34. The molecule has 1 aromatic carbocycles. The third-order valence-electron chi connectivity index (χ3n) is 3.87. The molecule has 3 rings (SSSR count). The first-order chi connectivity index (χ1) is 10.4. The number of nitrogens with two attached hydrogens (primary N) is 1. The highest BCUT2D eigenvalue weighted by Gasteiger charge is 2.27. The molecule has 6 nitrogen and oxygen atoms in total. The Hall–Kier alpha value is -1.86. The summed E-state index contributed by atoms with van der Waals surface area (Å²) in [6, 6.07) is 5.88. The van der Waals surface area contributed by atoms with Gasteiger partial charge in [-0.25, -0.2) is 13.6 Å². The molecule has 2 aromatic rings. The van der Waals surface area contributed by atoms with E-state index in [0.29, 0.717) is 23.4 Å². The lowest BCUT2D eigenvalue weighted by Gasteiger charge is -2.19. The van der Waals surface area contributed by atoms with Crippen LogP contribution < -0.4 is 5.14 Å². The molecule has 0 radical (unpaired) electrons. The predicted molar refractivity (Wildman–Crippen MR) is 81.9 cm³/mol. The summed E-state index contributed by atoms with van der Waals surface area (Å²) >= 11 is 0. The molecule has 0 atom stereocenters. The molecule has 1 saturated carbocycles. The van der Waals surface area contributed by atoms with Gasteiger partial charge in [0, 0.05) is 18.5 Å². The van der Waals surface area contributed by atoms with Gasteiger partial charge in [-0.05, 0) is 49.9 Å². The van der Waals surface area contributed by atoms with Gasteiger partial charge in [-0.3, -0.25) is 4.79 Å². The van der Waals surface area contributed by atoms with Crippen molar-refractivity contribution in [1.29, 1.82) is 0 Å². The van der Waals surface area contributed by atoms with Crippen molar-refractivity contribution in [3.05, 3.63) is 30.0 Å². The van der Waals surface area contributed by atoms with Crippen LogP contribution in [0.4, 0.5) is 0 Å². The minimum absolute atomic E-state index is 0.00475. The molecule has 118 valence electrons. The van der Waals surface area contributed by atoms with Gasteiger partial charge in [0.25, 0.3) is 5.91 Å². The van der Waals surface area contributed by atoms with Crippen LogP contribution in [0.2, 0.25) is 0 Å². The summed E-state index contributed by atoms with van der Waals surface area (Å²) in [5, 5.41) is 5.67. The molecule has 1 amide bonds. The third-order valence-corrected chi connectivity index (χ3v) is 4.78. The summed E-state index contributed by atoms with van der Waals surface area (Å²) in [5.74, 6) is 0.661. The van der Waals surface area contributed by atoms with Gasteiger partial charge in [-0.1, -0.05) is 0 Å². The first-order valence-electron chi connectivity index (χ1n) is 7.24. The SMILES string of the molecule is CCN(CC1CC1)C(=O)c1cc2cc(S(N)(=O)=O)ccc2o1. The molecule has 1 aliphatic carbocycles. The van der Waals surface area contributed by atoms with Crippen molar-refractivity contribution in [1.82, 2.24) is 4.90 Å². The van der Waals surface area contributed by atoms with Crippen LogP contribution in [0.5, 0.6) is 0 Å². The first-order valence-corrected chi connectivity index (χ1v) is 8.79. The van der Waals surface area contributed by atoms with Gasteiger partial charge >= 0.3 is 0 Å². The quantitative estimate of drug-likeness (QED) is 0.910. The number of primary sulfonamides is 1. The Morgan fingerprint density at radius 2 is 2.09 bits per heavy atom. The maximum atomic E-state index is 12.5. The van der Waals surface area contributed by atoms with E-state index < -0.39 is 10.0 Å². The summed E-state index contributed by atoms with van der Waals surface area (Å²) in [5.41, 5.74) is 0.471. The summed E-state index contributed by atoms with van der Waals surface area (Å²) in [6.45, 7) is 3.30. The van der Waals surface area contributed by atoms with Crippen molar-refractivity contribution in [2.24, 2.45) is 11.1 Å². The van der Waals surface area contributed by atoms with Gasteiger partial charge in [0.15, 0.2) is 5.76 Å². The molecule has 0 unspecified atom stereocenters. The van der Waals surface area contributed by atoms with Crippen molar-refractivity contribution >= 4 is 26.9 Å². The van der Waals surface area contributed by atoms with Crippen LogP contribution in [0.15, 0.2) is 33.6 Å². The number of rotatable bonds is 5. The van der Waals surface area contributed by atoms with Crippen molar-refractivity contribution in [2.75, 3.05) is 13.1 Å². The maximum absolute atomic E-state index is 12.5. The molecule has 2 N–H and O–H groups in total. The van der Waals surface area contributed by atoms with Gasteiger partial charge in [-0.15, -0.1) is 0 Å². The average Bonchev–Trinajstić information content (AvgIpc) is 3.18. The molecule has 0 saturated heterocycles. The van der Waals surface area contributed by atoms with Gasteiger partial charge in [-0.2, -0.15) is 0 Å². The van der Waals surface area contributed by atoms with E-state index in [0.717, 1.165) is 6.54 Å². The highest BCUT2D eigenvalue weighted by molar-refractivity contribution is 7.89. The highest BCUT2D eigenvalue weighted by atomic mass is 32.2. The zero-order valence-corrected chi connectivity index (χ0v) is 13.1. The molecule has 1 aromatic heterocycles. The molecule has 0 aliphatic heterocycles. The normalized spacial score (nSPS) is 15.2. The molecule has 1 heterocycles. The fraction of sp³-hybridized carbons (Fsp3) is 0.400. The van der Waals surface area contributed by atoms with Gasteiger partial charge < -0.3 is 9.32 Å². The van der Waals surface area contributed by atoms with E-state index in [9.17, 15) is 13.2 Å². The summed E-state index contributed by atoms with van der Waals surface area (Å²) < 4.78 is 28.3. The monoisotopic (exact) mass is 322 g/mol. The van der Waals surface area contributed by atoms with E-state index >= 15 is 0 Å². The summed E-state index contributed by atoms with van der Waals surface area (Å²) in [4.78, 5) is 14.2. The molecule has 7 heteroatoms. The number of furan rings is 1. The van der Waals surface area contributed by atoms with E-state index in [4.69, 9.17) is 9.56 Å². The number of nitrogens with zero attached hydrogens (tertiary/aromatic N) is 1. The Bertz CT molecular complexity index is 821. The Labute approximate surface area is 128 Å². The van der Waals surface area contributed by atoms with Gasteiger partial charge in [0.05, 0.1) is 4.90 Å². The topological polar surface area (TPSA) is 93.6 Å². The predicted octanol–water partition coefficient (Wildman–Crippen LogP) is 1.95. The fourth-order valence-electron chi connectivity index (χ4n) is 2.43. The number of benzene rings is 1. The molecule has 22 heavy (non-hydrogen) atoms. The molecular weight excluding hydrogens is 304 g/mol. The second-order valence-corrected chi connectivity index (χ2v) is 7.20. The lowest BCUT2D eigenvalue weighted by molar-refractivity contribution is 0.0727. The van der Waals surface area contributed by atoms with Crippen LogP contribution in [0.1, 0.15) is 30.3 Å². The molecule has 0 spiro atoms. The van der Waals surface area contributed by atoms with Crippen molar-refractivity contribution in [3.8, 4) is 0 Å². The lowest BCUT2D eigenvalue weighted by atomic mass is 10.2. The van der Waals surface area contributed by atoms with E-state index in [1.807, 2.05) is 6.92 Å². The number of carbonyl (C=O) groups excluding carboxylic acids is 1. The first kappa shape index (κ1) is 15.1. The fourth-order valence-corrected chi connectivity index (χ4v) is 2.98. The van der Waals surface area contributed by atoms with Crippen LogP contribution in [0.3, 0.4) is 0 Å². The maximum Gasteiger partial charge on any atom is 0.289 e. The van der Waals surface area contributed by atoms with E-state index in [1.54, 1.807) is 11.0 Å². The Kier molecular flexibility index (Phi) is 3.70. The number of sulfonamides is 1. The standard InChI is InChI=1S/C15H18N2O4S/c1-2-17(9-10-3-4-10)15(18)14-8-11-7-12(22(16,19)20)5-6-13(11)21-14/h5-8,10H,2-4,9H2,1H3,(H2,16,19,20). The van der Waals surface area contributed by atoms with E-state index in [-0.39, 0.29) is 16.6 Å². The number of hydrogen-bond acceptors (Lipinski definition) is 4. The smallest absolute Gasteiger partial charge is 0.289 e. The minimum Gasteiger partial charge on any atom is -0.451 e. The number of fused-ring (bicyclic) bond motifs is 1. The van der Waals surface area contributed by atoms with Crippen LogP contribution in [0.25, 0.3) is 11.0 Å². The average molecular weight is 322 g/mol. The summed E-state index contributed by atoms with van der Waals surface area (Å²) in [7, 11) is -3.77. The van der Waals surface area contributed by atoms with Crippen molar-refractivity contribution < 1.29 is 17.6 Å². The number of carbonyl (C=O) groups is 1. The number of amides is 1. The Balaban J connectivity index is 1.92. The molecule has 1 fully saturated rings. The third kappa shape index (κ3) is 3.00. The van der Waals surface area contributed by atoms with Gasteiger partial charge in [0.1, 0.15) is 5.58 Å². The van der Waals surface area contributed by atoms with Crippen LogP contribution in [0, 0.1) is 5.92 Å². The van der Waals surface area contributed by atoms with Crippen molar-refractivity contribution in [3.63, 3.8) is 0 Å². The highest BCUT2D eigenvalue weighted by Crippen LogP contribution is 2.30. The van der Waals surface area contributed by atoms with Gasteiger partial charge in [0.2, 0.25) is 10.0 Å². The largest absolute Gasteiger partial charge is 0.451 e. The minimum atomic E-state index is -3.77. The number of hydrogen-bond donors (Lipinski definition) is 1. The lowest BCUT2D eigenvalue weighted by Crippen LogP contribution is -2.32. The van der Waals surface area contributed by atoms with Crippen LogP contribution >= 0.6 is 0 Å². The van der Waals surface area contributed by atoms with Crippen LogP contribution in [-0.2, 0) is 10.0 Å². The molecule has 0 bridgehead atoms. The second kappa shape index (κ2) is 5.40. The van der Waals surface area contributed by atoms with Crippen molar-refractivity contribution in [2.45, 2.75) is 24.7 Å². The second-order valence-electron chi connectivity index (χ2n) is 5.64. The van der Waals surface area contributed by atoms with E-state index in [2.05, 4.69) is 0 Å². The van der Waals surface area contributed by atoms with Crippen LogP contribution in [-0.4, -0.2) is 32.3 Å². The zero-order valence-electron chi connectivity index (χ0n) is 12.3. The molecular formula is C15H18N2O4S. The Morgan fingerprint density at radius 3 is 2.68 bits per heavy atom. The Morgan fingerprint density at radius 1 is 1.36 bits per heavy atom.